The lowest BCUT2D eigenvalue weighted by atomic mass is 10.2. The lowest BCUT2D eigenvalue weighted by molar-refractivity contribution is -0.0205. The molecule has 2 N–H and O–H groups in total. The van der Waals surface area contributed by atoms with E-state index in [-0.39, 0.29) is 31.3 Å². The average Bonchev–Trinajstić information content (AvgIpc) is 2.78. The molecule has 0 heterocycles. The molecule has 1 rings (SSSR count). The van der Waals surface area contributed by atoms with Gasteiger partial charge in [-0.25, -0.2) is 8.42 Å². The Morgan fingerprint density at radius 3 is 1.47 bits per heavy atom. The minimum atomic E-state index is -3.84. The molecule has 0 aromatic heterocycles. The van der Waals surface area contributed by atoms with Gasteiger partial charge in [0.05, 0.1) is 90.8 Å². The molecule has 0 amide bonds. The summed E-state index contributed by atoms with van der Waals surface area (Å²) in [5, 5.41) is 18.5. The van der Waals surface area contributed by atoms with Crippen molar-refractivity contribution in [1.29, 1.82) is 0 Å². The predicted octanol–water partition coefficient (Wildman–Crippen LogP) is 0.179. The number of hydrogen-bond acceptors (Lipinski definition) is 10. The van der Waals surface area contributed by atoms with Crippen molar-refractivity contribution in [3.05, 3.63) is 29.8 Å². The fourth-order valence-electron chi connectivity index (χ4n) is 2.32. The minimum Gasteiger partial charge on any atom is -0.394 e. The summed E-state index contributed by atoms with van der Waals surface area (Å²) in [5.74, 6) is 0. The Morgan fingerprint density at radius 1 is 0.688 bits per heavy atom. The summed E-state index contributed by atoms with van der Waals surface area (Å²) < 4.78 is 56.1. The summed E-state index contributed by atoms with van der Waals surface area (Å²) in [6, 6.07) is 6.29. The molecule has 10 nitrogen and oxygen atoms in total. The zero-order valence-electron chi connectivity index (χ0n) is 18.6. The van der Waals surface area contributed by atoms with E-state index >= 15 is 0 Å². The maximum atomic E-state index is 12.2. The van der Waals surface area contributed by atoms with Crippen molar-refractivity contribution in [3.8, 4) is 0 Å². The van der Waals surface area contributed by atoms with Crippen LogP contribution < -0.4 is 0 Å². The Morgan fingerprint density at radius 2 is 1.06 bits per heavy atom. The van der Waals surface area contributed by atoms with Gasteiger partial charge in [-0.3, -0.25) is 0 Å². The van der Waals surface area contributed by atoms with Gasteiger partial charge in [0.2, 0.25) is 9.84 Å². The van der Waals surface area contributed by atoms with Gasteiger partial charge < -0.3 is 38.6 Å². The second-order valence-electron chi connectivity index (χ2n) is 6.67. The molecule has 0 aliphatic rings. The largest absolute Gasteiger partial charge is 0.394 e. The lowest BCUT2D eigenvalue weighted by Crippen LogP contribution is -2.27. The van der Waals surface area contributed by atoms with Gasteiger partial charge in [0.1, 0.15) is 0 Å². The van der Waals surface area contributed by atoms with E-state index in [0.29, 0.717) is 59.5 Å². The topological polar surface area (TPSA) is 130 Å². The molecule has 186 valence electrons. The average molecular weight is 481 g/mol. The first kappa shape index (κ1) is 28.9. The molecule has 0 bridgehead atoms. The smallest absolute Gasteiger partial charge is 0.207 e. The van der Waals surface area contributed by atoms with Gasteiger partial charge >= 0.3 is 0 Å². The van der Waals surface area contributed by atoms with Crippen LogP contribution in [0.3, 0.4) is 0 Å². The standard InChI is InChI=1S/C21H36O10S/c1-19-2-4-20(5-3-19)32(24,25)21(23)18-31-17-16-30-15-14-29-13-12-28-11-10-27-9-8-26-7-6-22/h2-5,21-23H,6-18H2,1H3. The van der Waals surface area contributed by atoms with Gasteiger partial charge in [-0.1, -0.05) is 17.7 Å². The third-order valence-corrected chi connectivity index (χ3v) is 5.85. The van der Waals surface area contributed by atoms with E-state index in [1.54, 1.807) is 12.1 Å². The molecule has 0 saturated carbocycles. The summed E-state index contributed by atoms with van der Waals surface area (Å²) in [4.78, 5) is 0.0629. The summed E-state index contributed by atoms with van der Waals surface area (Å²) >= 11 is 0. The molecular weight excluding hydrogens is 444 g/mol. The highest BCUT2D eigenvalue weighted by atomic mass is 32.2. The van der Waals surface area contributed by atoms with Crippen molar-refractivity contribution in [1.82, 2.24) is 0 Å². The molecule has 0 aliphatic heterocycles. The zero-order valence-corrected chi connectivity index (χ0v) is 19.5. The van der Waals surface area contributed by atoms with Crippen molar-refractivity contribution >= 4 is 9.84 Å². The Bertz CT molecular complexity index is 666. The first-order valence-corrected chi connectivity index (χ1v) is 12.1. The maximum absolute atomic E-state index is 12.2. The van der Waals surface area contributed by atoms with E-state index in [1.165, 1.54) is 12.1 Å². The molecule has 0 fully saturated rings. The van der Waals surface area contributed by atoms with Crippen molar-refractivity contribution in [2.24, 2.45) is 0 Å². The van der Waals surface area contributed by atoms with Crippen molar-refractivity contribution in [2.45, 2.75) is 17.3 Å². The first-order chi connectivity index (χ1) is 15.5. The number of aryl methyl sites for hydroxylation is 1. The van der Waals surface area contributed by atoms with Crippen molar-refractivity contribution in [2.75, 3.05) is 85.9 Å². The van der Waals surface area contributed by atoms with Gasteiger partial charge in [-0.15, -0.1) is 0 Å². The van der Waals surface area contributed by atoms with E-state index < -0.39 is 15.3 Å². The monoisotopic (exact) mass is 480 g/mol. The van der Waals surface area contributed by atoms with Crippen molar-refractivity contribution < 1.29 is 47.1 Å². The number of benzene rings is 1. The van der Waals surface area contributed by atoms with Crippen LogP contribution in [0.5, 0.6) is 0 Å². The van der Waals surface area contributed by atoms with Crippen LogP contribution >= 0.6 is 0 Å². The fraction of sp³-hybridized carbons (Fsp3) is 0.714. The van der Waals surface area contributed by atoms with E-state index in [2.05, 4.69) is 0 Å². The second-order valence-corrected chi connectivity index (χ2v) is 8.78. The van der Waals surface area contributed by atoms with Gasteiger partial charge in [-0.2, -0.15) is 0 Å². The molecule has 0 aliphatic carbocycles. The number of aliphatic hydroxyl groups excluding tert-OH is 2. The van der Waals surface area contributed by atoms with Crippen molar-refractivity contribution in [3.63, 3.8) is 0 Å². The maximum Gasteiger partial charge on any atom is 0.207 e. The summed E-state index contributed by atoms with van der Waals surface area (Å²) in [5.41, 5.74) is -0.690. The Labute approximate surface area is 190 Å². The molecule has 11 heteroatoms. The molecule has 1 atom stereocenters. The van der Waals surface area contributed by atoms with E-state index in [0.717, 1.165) is 5.56 Å². The van der Waals surface area contributed by atoms with Crippen LogP contribution in [0.25, 0.3) is 0 Å². The molecule has 0 radical (unpaired) electrons. The normalized spacial score (nSPS) is 12.8. The Hall–Kier alpha value is -1.15. The summed E-state index contributed by atoms with van der Waals surface area (Å²) in [6.07, 6.45) is 0. The first-order valence-electron chi connectivity index (χ1n) is 10.5. The molecule has 32 heavy (non-hydrogen) atoms. The minimum absolute atomic E-state index is 0.00741. The molecule has 1 aromatic rings. The summed E-state index contributed by atoms with van der Waals surface area (Å²) in [7, 11) is -3.84. The van der Waals surface area contributed by atoms with Crippen LogP contribution in [-0.2, 0) is 38.3 Å². The highest BCUT2D eigenvalue weighted by Crippen LogP contribution is 2.15. The van der Waals surface area contributed by atoms with Gasteiger partial charge in [0.15, 0.2) is 5.44 Å². The summed E-state index contributed by atoms with van der Waals surface area (Å²) in [6.45, 7) is 5.74. The van der Waals surface area contributed by atoms with Gasteiger partial charge in [-0.05, 0) is 19.1 Å². The number of sulfone groups is 1. The number of hydrogen-bond donors (Lipinski definition) is 2. The van der Waals surface area contributed by atoms with Crippen LogP contribution in [0.2, 0.25) is 0 Å². The third-order valence-electron chi connectivity index (χ3n) is 4.06. The molecule has 1 unspecified atom stereocenters. The lowest BCUT2D eigenvalue weighted by Gasteiger charge is -2.13. The van der Waals surface area contributed by atoms with Crippen LogP contribution in [0, 0.1) is 6.92 Å². The quantitative estimate of drug-likeness (QED) is 0.235. The van der Waals surface area contributed by atoms with Crippen LogP contribution in [0.15, 0.2) is 29.2 Å². The highest BCUT2D eigenvalue weighted by Gasteiger charge is 2.25. The molecular formula is C21H36O10S. The van der Waals surface area contributed by atoms with E-state index in [4.69, 9.17) is 33.5 Å². The van der Waals surface area contributed by atoms with E-state index in [1.807, 2.05) is 6.92 Å². The van der Waals surface area contributed by atoms with E-state index in [9.17, 15) is 13.5 Å². The zero-order chi connectivity index (χ0) is 23.5. The SMILES string of the molecule is Cc1ccc(S(=O)(=O)C(O)COCCOCCOCCOCCOCCOCCO)cc1. The van der Waals surface area contributed by atoms with Gasteiger partial charge in [0.25, 0.3) is 0 Å². The molecule has 1 aromatic carbocycles. The number of ether oxygens (including phenoxy) is 6. The number of rotatable bonds is 21. The second kappa shape index (κ2) is 18.3. The number of aliphatic hydroxyl groups is 2. The Kier molecular flexibility index (Phi) is 16.5. The van der Waals surface area contributed by atoms with Crippen LogP contribution in [-0.4, -0.2) is 110 Å². The molecule has 0 saturated heterocycles. The fourth-order valence-corrected chi connectivity index (χ4v) is 3.43. The third kappa shape index (κ3) is 13.4. The van der Waals surface area contributed by atoms with Gasteiger partial charge in [0, 0.05) is 0 Å². The highest BCUT2D eigenvalue weighted by molar-refractivity contribution is 7.91. The Balaban J connectivity index is 1.89. The predicted molar refractivity (Wildman–Crippen MR) is 116 cm³/mol. The van der Waals surface area contributed by atoms with Crippen LogP contribution in [0.4, 0.5) is 0 Å². The van der Waals surface area contributed by atoms with Crippen LogP contribution in [0.1, 0.15) is 5.56 Å². The molecule has 0 spiro atoms.